The first-order valence-corrected chi connectivity index (χ1v) is 6.48. The van der Waals surface area contributed by atoms with Gasteiger partial charge in [0, 0.05) is 24.9 Å². The number of thiophene rings is 1. The lowest BCUT2D eigenvalue weighted by Crippen LogP contribution is -2.28. The predicted octanol–water partition coefficient (Wildman–Crippen LogP) is 2.43. The molecule has 3 nitrogen and oxygen atoms in total. The van der Waals surface area contributed by atoms with Gasteiger partial charge < -0.3 is 10.0 Å². The monoisotopic (exact) mass is 241 g/mol. The molecule has 16 heavy (non-hydrogen) atoms. The highest BCUT2D eigenvalue weighted by Gasteiger charge is 2.12. The van der Waals surface area contributed by atoms with Gasteiger partial charge in [-0.25, -0.2) is 0 Å². The molecule has 0 saturated carbocycles. The fraction of sp³-hybridized carbons (Fsp3) is 0.583. The van der Waals surface area contributed by atoms with Crippen molar-refractivity contribution >= 4 is 17.2 Å². The second-order valence-corrected chi connectivity index (χ2v) is 4.86. The molecule has 0 aliphatic carbocycles. The van der Waals surface area contributed by atoms with E-state index < -0.39 is 6.10 Å². The van der Waals surface area contributed by atoms with Crippen LogP contribution in [0.2, 0.25) is 0 Å². The normalized spacial score (nSPS) is 12.4. The van der Waals surface area contributed by atoms with Crippen LogP contribution in [0.4, 0.5) is 0 Å². The molecular formula is C12H19NO2S. The second kappa shape index (κ2) is 6.66. The van der Waals surface area contributed by atoms with Gasteiger partial charge in [0.25, 0.3) is 0 Å². The standard InChI is InChI=1S/C12H19NO2S/c1-3-5-12(15)13(2)8-7-10(14)11-6-4-9-16-11/h4,6,9-10,14H,3,5,7-8H2,1-2H3. The van der Waals surface area contributed by atoms with Crippen LogP contribution in [-0.4, -0.2) is 29.5 Å². The molecule has 0 aliphatic rings. The molecule has 1 amide bonds. The fourth-order valence-corrected chi connectivity index (χ4v) is 2.21. The van der Waals surface area contributed by atoms with Crippen LogP contribution in [0.3, 0.4) is 0 Å². The molecule has 4 heteroatoms. The van der Waals surface area contributed by atoms with Crippen LogP contribution >= 0.6 is 11.3 Å². The first kappa shape index (κ1) is 13.2. The quantitative estimate of drug-likeness (QED) is 0.831. The van der Waals surface area contributed by atoms with Gasteiger partial charge in [-0.1, -0.05) is 13.0 Å². The summed E-state index contributed by atoms with van der Waals surface area (Å²) >= 11 is 1.55. The van der Waals surface area contributed by atoms with Crippen molar-refractivity contribution in [3.05, 3.63) is 22.4 Å². The highest BCUT2D eigenvalue weighted by Crippen LogP contribution is 2.21. The second-order valence-electron chi connectivity index (χ2n) is 3.89. The Kier molecular flexibility index (Phi) is 5.49. The number of amides is 1. The number of nitrogens with zero attached hydrogens (tertiary/aromatic N) is 1. The maximum absolute atomic E-state index is 11.5. The van der Waals surface area contributed by atoms with Crippen LogP contribution in [0.1, 0.15) is 37.2 Å². The van der Waals surface area contributed by atoms with E-state index in [9.17, 15) is 9.90 Å². The molecule has 0 aliphatic heterocycles. The van der Waals surface area contributed by atoms with E-state index in [1.165, 1.54) is 0 Å². The minimum atomic E-state index is -0.447. The molecule has 1 N–H and O–H groups in total. The molecule has 90 valence electrons. The zero-order valence-electron chi connectivity index (χ0n) is 9.85. The lowest BCUT2D eigenvalue weighted by atomic mass is 10.2. The molecule has 0 radical (unpaired) electrons. The summed E-state index contributed by atoms with van der Waals surface area (Å²) < 4.78 is 0. The number of carbonyl (C=O) groups is 1. The molecule has 0 aromatic carbocycles. The lowest BCUT2D eigenvalue weighted by molar-refractivity contribution is -0.130. The van der Waals surface area contributed by atoms with E-state index in [0.717, 1.165) is 11.3 Å². The van der Waals surface area contributed by atoms with E-state index in [1.54, 1.807) is 23.3 Å². The molecule has 0 spiro atoms. The molecule has 0 bridgehead atoms. The van der Waals surface area contributed by atoms with Crippen molar-refractivity contribution in [3.63, 3.8) is 0 Å². The van der Waals surface area contributed by atoms with Gasteiger partial charge in [0.05, 0.1) is 6.10 Å². The van der Waals surface area contributed by atoms with Crippen molar-refractivity contribution in [2.45, 2.75) is 32.3 Å². The van der Waals surface area contributed by atoms with Crippen molar-refractivity contribution in [2.24, 2.45) is 0 Å². The number of hydrogen-bond acceptors (Lipinski definition) is 3. The number of aliphatic hydroxyl groups excluding tert-OH is 1. The summed E-state index contributed by atoms with van der Waals surface area (Å²) in [7, 11) is 1.79. The van der Waals surface area contributed by atoms with Crippen LogP contribution in [0.25, 0.3) is 0 Å². The van der Waals surface area contributed by atoms with Gasteiger partial charge in [0.15, 0.2) is 0 Å². The molecule has 1 aromatic heterocycles. The fourth-order valence-electron chi connectivity index (χ4n) is 1.47. The van der Waals surface area contributed by atoms with Gasteiger partial charge in [-0.3, -0.25) is 4.79 Å². The minimum Gasteiger partial charge on any atom is -0.388 e. The molecule has 0 saturated heterocycles. The summed E-state index contributed by atoms with van der Waals surface area (Å²) in [6, 6.07) is 3.85. The van der Waals surface area contributed by atoms with Crippen LogP contribution in [0, 0.1) is 0 Å². The van der Waals surface area contributed by atoms with E-state index in [1.807, 2.05) is 24.4 Å². The molecule has 1 rings (SSSR count). The lowest BCUT2D eigenvalue weighted by Gasteiger charge is -2.18. The van der Waals surface area contributed by atoms with Crippen LogP contribution in [0.5, 0.6) is 0 Å². The maximum atomic E-state index is 11.5. The minimum absolute atomic E-state index is 0.154. The molecule has 1 atom stereocenters. The van der Waals surface area contributed by atoms with Crippen LogP contribution in [0.15, 0.2) is 17.5 Å². The molecule has 1 aromatic rings. The Bertz CT molecular complexity index is 311. The summed E-state index contributed by atoms with van der Waals surface area (Å²) in [6.45, 7) is 2.60. The van der Waals surface area contributed by atoms with Gasteiger partial charge in [-0.05, 0) is 24.3 Å². The summed E-state index contributed by atoms with van der Waals surface area (Å²) in [5, 5.41) is 11.8. The van der Waals surface area contributed by atoms with E-state index in [2.05, 4.69) is 0 Å². The third kappa shape index (κ3) is 3.94. The summed E-state index contributed by atoms with van der Waals surface area (Å²) in [5.74, 6) is 0.154. The molecular weight excluding hydrogens is 222 g/mol. The van der Waals surface area contributed by atoms with Gasteiger partial charge >= 0.3 is 0 Å². The Hall–Kier alpha value is -0.870. The highest BCUT2D eigenvalue weighted by atomic mass is 32.1. The summed E-state index contributed by atoms with van der Waals surface area (Å²) in [4.78, 5) is 14.2. The molecule has 1 unspecified atom stereocenters. The van der Waals surface area contributed by atoms with Crippen molar-refractivity contribution in [1.29, 1.82) is 0 Å². The van der Waals surface area contributed by atoms with Gasteiger partial charge in [0.1, 0.15) is 0 Å². The van der Waals surface area contributed by atoms with E-state index >= 15 is 0 Å². The van der Waals surface area contributed by atoms with Gasteiger partial charge in [-0.15, -0.1) is 11.3 Å². The smallest absolute Gasteiger partial charge is 0.222 e. The Balaban J connectivity index is 2.31. The first-order valence-electron chi connectivity index (χ1n) is 5.60. The third-order valence-electron chi connectivity index (χ3n) is 2.50. The Morgan fingerprint density at radius 1 is 1.62 bits per heavy atom. The average Bonchev–Trinajstić information content (AvgIpc) is 2.79. The number of rotatable bonds is 6. The average molecular weight is 241 g/mol. The topological polar surface area (TPSA) is 40.5 Å². The van der Waals surface area contributed by atoms with Crippen molar-refractivity contribution in [3.8, 4) is 0 Å². The highest BCUT2D eigenvalue weighted by molar-refractivity contribution is 7.10. The van der Waals surface area contributed by atoms with Crippen molar-refractivity contribution in [2.75, 3.05) is 13.6 Å². The number of aliphatic hydroxyl groups is 1. The largest absolute Gasteiger partial charge is 0.388 e. The van der Waals surface area contributed by atoms with Crippen LogP contribution in [-0.2, 0) is 4.79 Å². The van der Waals surface area contributed by atoms with E-state index in [0.29, 0.717) is 19.4 Å². The van der Waals surface area contributed by atoms with Crippen molar-refractivity contribution < 1.29 is 9.90 Å². The first-order chi connectivity index (χ1) is 7.65. The zero-order chi connectivity index (χ0) is 12.0. The van der Waals surface area contributed by atoms with Gasteiger partial charge in [-0.2, -0.15) is 0 Å². The van der Waals surface area contributed by atoms with Gasteiger partial charge in [0.2, 0.25) is 5.91 Å². The number of hydrogen-bond donors (Lipinski definition) is 1. The molecule has 1 heterocycles. The van der Waals surface area contributed by atoms with E-state index in [-0.39, 0.29) is 5.91 Å². The third-order valence-corrected chi connectivity index (χ3v) is 3.47. The Morgan fingerprint density at radius 3 is 2.94 bits per heavy atom. The molecule has 0 fully saturated rings. The van der Waals surface area contributed by atoms with Crippen molar-refractivity contribution in [1.82, 2.24) is 4.90 Å². The summed E-state index contributed by atoms with van der Waals surface area (Å²) in [5.41, 5.74) is 0. The summed E-state index contributed by atoms with van der Waals surface area (Å²) in [6.07, 6.45) is 1.62. The number of carbonyl (C=O) groups excluding carboxylic acids is 1. The SMILES string of the molecule is CCCC(=O)N(C)CCC(O)c1cccs1. The maximum Gasteiger partial charge on any atom is 0.222 e. The predicted molar refractivity (Wildman–Crippen MR) is 66.4 cm³/mol. The van der Waals surface area contributed by atoms with Crippen LogP contribution < -0.4 is 0 Å². The van der Waals surface area contributed by atoms with E-state index in [4.69, 9.17) is 0 Å². The Labute approximate surface area is 101 Å². The zero-order valence-corrected chi connectivity index (χ0v) is 10.7. The Morgan fingerprint density at radius 2 is 2.38 bits per heavy atom.